The van der Waals surface area contributed by atoms with E-state index >= 15 is 0 Å². The minimum Gasteiger partial charge on any atom is -0.480 e. The number of carbonyl (C=O) groups is 1. The molecule has 1 atom stereocenters. The van der Waals surface area contributed by atoms with Crippen molar-refractivity contribution < 1.29 is 9.90 Å². The van der Waals surface area contributed by atoms with E-state index in [0.717, 1.165) is 19.5 Å². The van der Waals surface area contributed by atoms with Gasteiger partial charge in [0.1, 0.15) is 6.04 Å². The van der Waals surface area contributed by atoms with E-state index in [4.69, 9.17) is 5.11 Å². The summed E-state index contributed by atoms with van der Waals surface area (Å²) in [6.07, 6.45) is 5.16. The number of nitrogens with zero attached hydrogens (tertiary/aromatic N) is 2. The minimum atomic E-state index is -0.774. The molecule has 1 aromatic heterocycles. The molecule has 1 rings (SSSR count). The monoisotopic (exact) mass is 265 g/mol. The molecule has 1 heterocycles. The fourth-order valence-corrected chi connectivity index (χ4v) is 1.89. The van der Waals surface area contributed by atoms with Crippen LogP contribution in [0.1, 0.15) is 18.9 Å². The Morgan fingerprint density at radius 3 is 2.68 bits per heavy atom. The summed E-state index contributed by atoms with van der Waals surface area (Å²) in [7, 11) is 2.02. The summed E-state index contributed by atoms with van der Waals surface area (Å²) in [6, 6.07) is 3.56. The van der Waals surface area contributed by atoms with Crippen molar-refractivity contribution in [2.45, 2.75) is 25.8 Å². The number of aromatic nitrogens is 1. The van der Waals surface area contributed by atoms with Crippen molar-refractivity contribution in [1.82, 2.24) is 15.2 Å². The Kier molecular flexibility index (Phi) is 7.07. The highest BCUT2D eigenvalue weighted by atomic mass is 16.4. The van der Waals surface area contributed by atoms with Crippen molar-refractivity contribution in [3.63, 3.8) is 0 Å². The summed E-state index contributed by atoms with van der Waals surface area (Å²) in [5, 5.41) is 12.0. The molecule has 0 bridgehead atoms. The van der Waals surface area contributed by atoms with Crippen molar-refractivity contribution in [3.05, 3.63) is 30.1 Å². The SMILES string of the molecule is CCNC(CCN(C)CCc1ccncc1)C(=O)O. The Labute approximate surface area is 114 Å². The van der Waals surface area contributed by atoms with E-state index in [2.05, 4.69) is 15.2 Å². The van der Waals surface area contributed by atoms with Crippen LogP contribution in [0.3, 0.4) is 0 Å². The lowest BCUT2D eigenvalue weighted by Gasteiger charge is -2.19. The average Bonchev–Trinajstić information content (AvgIpc) is 2.42. The largest absolute Gasteiger partial charge is 0.480 e. The molecule has 1 unspecified atom stereocenters. The molecule has 5 nitrogen and oxygen atoms in total. The first kappa shape index (κ1) is 15.6. The Morgan fingerprint density at radius 2 is 2.11 bits per heavy atom. The molecule has 0 fully saturated rings. The predicted octanol–water partition coefficient (Wildman–Crippen LogP) is 1.01. The van der Waals surface area contributed by atoms with Crippen LogP contribution in [0.2, 0.25) is 0 Å². The molecule has 0 aliphatic heterocycles. The number of hydrogen-bond donors (Lipinski definition) is 2. The zero-order chi connectivity index (χ0) is 14.1. The molecule has 0 aliphatic carbocycles. The summed E-state index contributed by atoms with van der Waals surface area (Å²) < 4.78 is 0. The van der Waals surface area contributed by atoms with Gasteiger partial charge in [0, 0.05) is 18.9 Å². The molecule has 0 aliphatic rings. The van der Waals surface area contributed by atoms with Gasteiger partial charge in [-0.1, -0.05) is 6.92 Å². The molecular formula is C14H23N3O2. The quantitative estimate of drug-likeness (QED) is 0.697. The number of likely N-dealkylation sites (N-methyl/N-ethyl adjacent to an activating group) is 2. The van der Waals surface area contributed by atoms with E-state index in [0.29, 0.717) is 13.0 Å². The van der Waals surface area contributed by atoms with E-state index < -0.39 is 12.0 Å². The Hall–Kier alpha value is -1.46. The van der Waals surface area contributed by atoms with Crippen LogP contribution in [0.25, 0.3) is 0 Å². The van der Waals surface area contributed by atoms with Crippen molar-refractivity contribution >= 4 is 5.97 Å². The molecule has 5 heteroatoms. The third kappa shape index (κ3) is 6.31. The number of rotatable bonds is 9. The third-order valence-electron chi connectivity index (χ3n) is 3.08. The lowest BCUT2D eigenvalue weighted by molar-refractivity contribution is -0.139. The van der Waals surface area contributed by atoms with Crippen LogP contribution in [0, 0.1) is 0 Å². The molecule has 0 spiro atoms. The maximum Gasteiger partial charge on any atom is 0.320 e. The highest BCUT2D eigenvalue weighted by Crippen LogP contribution is 2.01. The van der Waals surface area contributed by atoms with E-state index in [9.17, 15) is 4.79 Å². The number of carboxylic acid groups (broad SMARTS) is 1. The molecule has 0 aromatic carbocycles. The van der Waals surface area contributed by atoms with Crippen LogP contribution in [-0.2, 0) is 11.2 Å². The second-order valence-corrected chi connectivity index (χ2v) is 4.65. The number of nitrogens with one attached hydrogen (secondary N) is 1. The summed E-state index contributed by atoms with van der Waals surface area (Å²) in [6.45, 7) is 4.29. The Bertz CT molecular complexity index is 370. The summed E-state index contributed by atoms with van der Waals surface area (Å²) in [4.78, 5) is 17.1. The zero-order valence-corrected chi connectivity index (χ0v) is 11.7. The van der Waals surface area contributed by atoms with Gasteiger partial charge in [0.05, 0.1) is 0 Å². The van der Waals surface area contributed by atoms with Crippen LogP contribution in [0.5, 0.6) is 0 Å². The van der Waals surface area contributed by atoms with E-state index in [1.54, 1.807) is 12.4 Å². The van der Waals surface area contributed by atoms with Gasteiger partial charge < -0.3 is 15.3 Å². The van der Waals surface area contributed by atoms with Crippen LogP contribution >= 0.6 is 0 Å². The van der Waals surface area contributed by atoms with Gasteiger partial charge in [0.15, 0.2) is 0 Å². The van der Waals surface area contributed by atoms with Gasteiger partial charge in [-0.25, -0.2) is 0 Å². The Balaban J connectivity index is 2.27. The third-order valence-corrected chi connectivity index (χ3v) is 3.08. The van der Waals surface area contributed by atoms with E-state index in [1.807, 2.05) is 26.1 Å². The molecule has 0 saturated carbocycles. The van der Waals surface area contributed by atoms with Crippen LogP contribution < -0.4 is 5.32 Å². The van der Waals surface area contributed by atoms with Crippen LogP contribution in [0.4, 0.5) is 0 Å². The second kappa shape index (κ2) is 8.61. The number of carboxylic acids is 1. The summed E-state index contributed by atoms with van der Waals surface area (Å²) >= 11 is 0. The van der Waals surface area contributed by atoms with Gasteiger partial charge in [-0.05, 0) is 50.7 Å². The van der Waals surface area contributed by atoms with Gasteiger partial charge in [0.25, 0.3) is 0 Å². The van der Waals surface area contributed by atoms with Crippen molar-refractivity contribution in [2.24, 2.45) is 0 Å². The molecule has 19 heavy (non-hydrogen) atoms. The van der Waals surface area contributed by atoms with Gasteiger partial charge in [-0.2, -0.15) is 0 Å². The van der Waals surface area contributed by atoms with Gasteiger partial charge in [0.2, 0.25) is 0 Å². The highest BCUT2D eigenvalue weighted by Gasteiger charge is 2.15. The summed E-state index contributed by atoms with van der Waals surface area (Å²) in [5.74, 6) is -0.774. The maximum atomic E-state index is 11.0. The van der Waals surface area contributed by atoms with Gasteiger partial charge in [-0.3, -0.25) is 9.78 Å². The lowest BCUT2D eigenvalue weighted by Crippen LogP contribution is -2.39. The van der Waals surface area contributed by atoms with Crippen molar-refractivity contribution in [2.75, 3.05) is 26.7 Å². The molecule has 0 radical (unpaired) electrons. The number of hydrogen-bond acceptors (Lipinski definition) is 4. The lowest BCUT2D eigenvalue weighted by atomic mass is 10.1. The zero-order valence-electron chi connectivity index (χ0n) is 11.7. The molecule has 106 valence electrons. The van der Waals surface area contributed by atoms with E-state index in [-0.39, 0.29) is 0 Å². The first-order valence-electron chi connectivity index (χ1n) is 6.67. The van der Waals surface area contributed by atoms with Crippen LogP contribution in [-0.4, -0.2) is 53.7 Å². The molecular weight excluding hydrogens is 242 g/mol. The molecule has 1 aromatic rings. The van der Waals surface area contributed by atoms with E-state index in [1.165, 1.54) is 5.56 Å². The van der Waals surface area contributed by atoms with Crippen molar-refractivity contribution in [3.8, 4) is 0 Å². The Morgan fingerprint density at radius 1 is 1.42 bits per heavy atom. The fraction of sp³-hybridized carbons (Fsp3) is 0.571. The minimum absolute atomic E-state index is 0.451. The predicted molar refractivity (Wildman–Crippen MR) is 75.2 cm³/mol. The number of pyridine rings is 1. The molecule has 2 N–H and O–H groups in total. The number of aliphatic carboxylic acids is 1. The smallest absolute Gasteiger partial charge is 0.320 e. The molecule has 0 saturated heterocycles. The van der Waals surface area contributed by atoms with Crippen molar-refractivity contribution in [1.29, 1.82) is 0 Å². The average molecular weight is 265 g/mol. The van der Waals surface area contributed by atoms with Gasteiger partial charge >= 0.3 is 5.97 Å². The first-order valence-corrected chi connectivity index (χ1v) is 6.67. The molecule has 0 amide bonds. The second-order valence-electron chi connectivity index (χ2n) is 4.65. The fourth-order valence-electron chi connectivity index (χ4n) is 1.89. The maximum absolute atomic E-state index is 11.0. The normalized spacial score (nSPS) is 12.6. The summed E-state index contributed by atoms with van der Waals surface area (Å²) in [5.41, 5.74) is 1.25. The van der Waals surface area contributed by atoms with Crippen LogP contribution in [0.15, 0.2) is 24.5 Å². The first-order chi connectivity index (χ1) is 9.13. The van der Waals surface area contributed by atoms with Gasteiger partial charge in [-0.15, -0.1) is 0 Å². The standard InChI is InChI=1S/C14H23N3O2/c1-3-16-13(14(18)19)7-11-17(2)10-6-12-4-8-15-9-5-12/h4-5,8-9,13,16H,3,6-7,10-11H2,1-2H3,(H,18,19). The topological polar surface area (TPSA) is 65.5 Å². The highest BCUT2D eigenvalue weighted by molar-refractivity contribution is 5.73.